The van der Waals surface area contributed by atoms with Gasteiger partial charge in [-0.1, -0.05) is 84.7 Å². The highest BCUT2D eigenvalue weighted by molar-refractivity contribution is 7.92. The minimum atomic E-state index is -4.35. The van der Waals surface area contributed by atoms with E-state index in [9.17, 15) is 18.0 Å². The van der Waals surface area contributed by atoms with E-state index >= 15 is 0 Å². The summed E-state index contributed by atoms with van der Waals surface area (Å²) in [7, 11) is -1.49. The molecule has 254 valence electrons. The number of nitrogens with one attached hydrogen (secondary N) is 1. The van der Waals surface area contributed by atoms with Gasteiger partial charge < -0.3 is 19.7 Å². The Morgan fingerprint density at radius 1 is 0.875 bits per heavy atom. The normalized spacial score (nSPS) is 12.5. The fourth-order valence-electron chi connectivity index (χ4n) is 5.05. The molecule has 0 aliphatic heterocycles. The summed E-state index contributed by atoms with van der Waals surface area (Å²) in [6.45, 7) is 3.05. The third kappa shape index (κ3) is 9.00. The van der Waals surface area contributed by atoms with Crippen molar-refractivity contribution in [1.82, 2.24) is 10.2 Å². The molecule has 2 unspecified atom stereocenters. The number of hydrogen-bond donors (Lipinski definition) is 1. The van der Waals surface area contributed by atoms with Crippen LogP contribution in [0.2, 0.25) is 10.0 Å². The number of amides is 2. The maximum atomic E-state index is 14.7. The predicted molar refractivity (Wildman–Crippen MR) is 189 cm³/mol. The average Bonchev–Trinajstić information content (AvgIpc) is 3.09. The van der Waals surface area contributed by atoms with Crippen LogP contribution in [0.1, 0.15) is 31.4 Å². The molecule has 1 N–H and O–H groups in total. The van der Waals surface area contributed by atoms with Gasteiger partial charge in [-0.25, -0.2) is 8.42 Å². The van der Waals surface area contributed by atoms with Gasteiger partial charge in [-0.15, -0.1) is 0 Å². The van der Waals surface area contributed by atoms with Crippen molar-refractivity contribution in [3.05, 3.63) is 118 Å². The summed E-state index contributed by atoms with van der Waals surface area (Å²) in [5, 5.41) is 3.71. The number of hydrogen-bond acceptors (Lipinski definition) is 6. The monoisotopic (exact) mass is 711 g/mol. The molecule has 0 bridgehead atoms. The maximum absolute atomic E-state index is 14.7. The molecule has 48 heavy (non-hydrogen) atoms. The first-order valence-electron chi connectivity index (χ1n) is 15.4. The molecule has 9 nitrogen and oxygen atoms in total. The lowest BCUT2D eigenvalue weighted by Crippen LogP contribution is -2.54. The third-order valence-corrected chi connectivity index (χ3v) is 10.3. The van der Waals surface area contributed by atoms with E-state index in [0.29, 0.717) is 27.8 Å². The second-order valence-electron chi connectivity index (χ2n) is 11.1. The third-order valence-electron chi connectivity index (χ3n) is 7.89. The van der Waals surface area contributed by atoms with Gasteiger partial charge in [0.2, 0.25) is 11.8 Å². The Hall–Kier alpha value is -4.25. The van der Waals surface area contributed by atoms with Gasteiger partial charge in [0.05, 0.1) is 24.8 Å². The number of carbonyl (C=O) groups is 2. The Labute approximate surface area is 292 Å². The van der Waals surface area contributed by atoms with Crippen LogP contribution in [0.4, 0.5) is 5.69 Å². The second-order valence-corrected chi connectivity index (χ2v) is 13.8. The highest BCUT2D eigenvalue weighted by Gasteiger charge is 2.36. The Kier molecular flexibility index (Phi) is 12.7. The zero-order chi connectivity index (χ0) is 34.8. The zero-order valence-electron chi connectivity index (χ0n) is 27.2. The number of anilines is 1. The fourth-order valence-corrected chi connectivity index (χ4v) is 6.96. The topological polar surface area (TPSA) is 105 Å². The van der Waals surface area contributed by atoms with Crippen LogP contribution in [-0.4, -0.2) is 58.0 Å². The van der Waals surface area contributed by atoms with E-state index in [-0.39, 0.29) is 41.2 Å². The molecule has 0 saturated heterocycles. The smallest absolute Gasteiger partial charge is 0.264 e. The summed E-state index contributed by atoms with van der Waals surface area (Å²) >= 11 is 12.8. The number of rotatable bonds is 15. The predicted octanol–water partition coefficient (Wildman–Crippen LogP) is 6.76. The van der Waals surface area contributed by atoms with Crippen LogP contribution < -0.4 is 19.1 Å². The molecule has 0 aliphatic rings. The van der Waals surface area contributed by atoms with Crippen molar-refractivity contribution in [2.45, 2.75) is 50.2 Å². The number of nitrogens with zero attached hydrogens (tertiary/aromatic N) is 2. The highest BCUT2D eigenvalue weighted by atomic mass is 35.5. The van der Waals surface area contributed by atoms with E-state index in [0.717, 1.165) is 9.87 Å². The van der Waals surface area contributed by atoms with Gasteiger partial charge >= 0.3 is 0 Å². The van der Waals surface area contributed by atoms with Crippen molar-refractivity contribution in [3.8, 4) is 11.5 Å². The van der Waals surface area contributed by atoms with Crippen molar-refractivity contribution in [2.24, 2.45) is 0 Å². The first kappa shape index (κ1) is 36.6. The summed E-state index contributed by atoms with van der Waals surface area (Å²) < 4.78 is 40.6. The zero-order valence-corrected chi connectivity index (χ0v) is 29.6. The number of benzene rings is 4. The van der Waals surface area contributed by atoms with Crippen LogP contribution in [-0.2, 0) is 32.6 Å². The summed E-state index contributed by atoms with van der Waals surface area (Å²) in [5.41, 5.74) is 1.42. The number of ether oxygens (including phenoxy) is 2. The lowest BCUT2D eigenvalue weighted by Gasteiger charge is -2.34. The fraction of sp³-hybridized carbons (Fsp3) is 0.278. The lowest BCUT2D eigenvalue weighted by molar-refractivity contribution is -0.140. The van der Waals surface area contributed by atoms with Gasteiger partial charge in [0.25, 0.3) is 10.0 Å². The van der Waals surface area contributed by atoms with E-state index in [1.165, 1.54) is 37.3 Å². The standard InChI is InChI=1S/C36H39Cl2N3O6S/c1-5-25(2)39-36(43)33(20-26-12-8-6-9-13-26)40(23-27-16-17-28(37)21-31(27)38)35(42)24-41(48(44,45)30-14-10-7-11-15-30)32-22-29(46-3)18-19-34(32)47-4/h6-19,21-22,25,33H,5,20,23-24H2,1-4H3,(H,39,43). The number of carbonyl (C=O) groups excluding carboxylic acids is 2. The molecule has 0 spiro atoms. The van der Waals surface area contributed by atoms with Gasteiger partial charge in [-0.3, -0.25) is 13.9 Å². The Morgan fingerprint density at radius 3 is 2.15 bits per heavy atom. The number of methoxy groups -OCH3 is 2. The molecule has 0 saturated carbocycles. The van der Waals surface area contributed by atoms with Crippen molar-refractivity contribution in [1.29, 1.82) is 0 Å². The number of halogens is 2. The molecule has 0 heterocycles. The van der Waals surface area contributed by atoms with Gasteiger partial charge in [0.15, 0.2) is 0 Å². The molecule has 2 atom stereocenters. The molecular weight excluding hydrogens is 673 g/mol. The maximum Gasteiger partial charge on any atom is 0.264 e. The van der Waals surface area contributed by atoms with E-state index in [1.54, 1.807) is 48.5 Å². The first-order chi connectivity index (χ1) is 23.0. The lowest BCUT2D eigenvalue weighted by atomic mass is 10.0. The van der Waals surface area contributed by atoms with E-state index in [2.05, 4.69) is 5.32 Å². The molecule has 4 rings (SSSR count). The number of sulfonamides is 1. The van der Waals surface area contributed by atoms with Gasteiger partial charge in [0, 0.05) is 35.1 Å². The summed E-state index contributed by atoms with van der Waals surface area (Å²) in [4.78, 5) is 30.1. The van der Waals surface area contributed by atoms with E-state index in [4.69, 9.17) is 32.7 Å². The van der Waals surface area contributed by atoms with Gasteiger partial charge in [-0.2, -0.15) is 0 Å². The molecule has 0 radical (unpaired) electrons. The van der Waals surface area contributed by atoms with Gasteiger partial charge in [-0.05, 0) is 60.9 Å². The minimum Gasteiger partial charge on any atom is -0.497 e. The van der Waals surface area contributed by atoms with Crippen molar-refractivity contribution in [3.63, 3.8) is 0 Å². The molecule has 4 aromatic carbocycles. The molecule has 0 aliphatic carbocycles. The molecule has 0 aromatic heterocycles. The first-order valence-corrected chi connectivity index (χ1v) is 17.6. The largest absolute Gasteiger partial charge is 0.497 e. The van der Waals surface area contributed by atoms with Crippen LogP contribution >= 0.6 is 23.2 Å². The Bertz CT molecular complexity index is 1810. The molecule has 0 fully saturated rings. The van der Waals surface area contributed by atoms with E-state index in [1.807, 2.05) is 44.2 Å². The highest BCUT2D eigenvalue weighted by Crippen LogP contribution is 2.36. The van der Waals surface area contributed by atoms with Crippen LogP contribution in [0.5, 0.6) is 11.5 Å². The van der Waals surface area contributed by atoms with Crippen LogP contribution in [0.15, 0.2) is 102 Å². The van der Waals surface area contributed by atoms with Crippen LogP contribution in [0.25, 0.3) is 0 Å². The van der Waals surface area contributed by atoms with E-state index < -0.39 is 28.5 Å². The van der Waals surface area contributed by atoms with Gasteiger partial charge in [0.1, 0.15) is 24.1 Å². The second kappa shape index (κ2) is 16.7. The molecule has 2 amide bonds. The Morgan fingerprint density at radius 2 is 1.54 bits per heavy atom. The SMILES string of the molecule is CCC(C)NC(=O)C(Cc1ccccc1)N(Cc1ccc(Cl)cc1Cl)C(=O)CN(c1cc(OC)ccc1OC)S(=O)(=O)c1ccccc1. The Balaban J connectivity index is 1.88. The summed E-state index contributed by atoms with van der Waals surface area (Å²) in [5.74, 6) is -0.481. The minimum absolute atomic E-state index is 0.0367. The molecular formula is C36H39Cl2N3O6S. The van der Waals surface area contributed by atoms with Crippen molar-refractivity contribution in [2.75, 3.05) is 25.1 Å². The summed E-state index contributed by atoms with van der Waals surface area (Å²) in [6, 6.07) is 25.4. The summed E-state index contributed by atoms with van der Waals surface area (Å²) in [6.07, 6.45) is 0.827. The van der Waals surface area contributed by atoms with Crippen LogP contribution in [0, 0.1) is 0 Å². The molecule has 12 heteroatoms. The van der Waals surface area contributed by atoms with Crippen molar-refractivity contribution >= 4 is 50.7 Å². The van der Waals surface area contributed by atoms with Crippen LogP contribution in [0.3, 0.4) is 0 Å². The molecule has 4 aromatic rings. The quantitative estimate of drug-likeness (QED) is 0.146. The average molecular weight is 713 g/mol. The van der Waals surface area contributed by atoms with Crippen molar-refractivity contribution < 1.29 is 27.5 Å².